The average Bonchev–Trinajstić information content (AvgIpc) is 2.63. The molecule has 0 radical (unpaired) electrons. The number of nitrogens with one attached hydrogen (secondary N) is 1. The first-order valence-corrected chi connectivity index (χ1v) is 7.72. The molecule has 0 bridgehead atoms. The fourth-order valence-corrected chi connectivity index (χ4v) is 2.58. The number of hydrogen-bond acceptors (Lipinski definition) is 5. The SMILES string of the molecule is N#C/C(=C\C(C#N)C#N)C(=N)N1CCN(c2ccc(Cl)cc2)CC1. The Morgan fingerprint density at radius 1 is 1.08 bits per heavy atom. The highest BCUT2D eigenvalue weighted by molar-refractivity contribution is 6.30. The van der Waals surface area contributed by atoms with Gasteiger partial charge in [0.05, 0.1) is 17.7 Å². The lowest BCUT2D eigenvalue weighted by Gasteiger charge is -2.37. The largest absolute Gasteiger partial charge is 0.368 e. The summed E-state index contributed by atoms with van der Waals surface area (Å²) in [5.74, 6) is -0.959. The van der Waals surface area contributed by atoms with E-state index < -0.39 is 5.92 Å². The van der Waals surface area contributed by atoms with Crippen molar-refractivity contribution in [2.24, 2.45) is 5.92 Å². The van der Waals surface area contributed by atoms with Gasteiger partial charge in [-0.2, -0.15) is 15.8 Å². The van der Waals surface area contributed by atoms with Crippen LogP contribution in [0.3, 0.4) is 0 Å². The van der Waals surface area contributed by atoms with Crippen LogP contribution in [0, 0.1) is 45.3 Å². The van der Waals surface area contributed by atoms with Crippen LogP contribution >= 0.6 is 11.6 Å². The second-order valence-electron chi connectivity index (χ2n) is 5.23. The minimum Gasteiger partial charge on any atom is -0.368 e. The molecule has 0 saturated carbocycles. The van der Waals surface area contributed by atoms with E-state index in [0.29, 0.717) is 31.2 Å². The molecule has 0 aromatic heterocycles. The maximum absolute atomic E-state index is 9.20. The van der Waals surface area contributed by atoms with E-state index in [0.717, 1.165) is 5.69 Å². The number of amidine groups is 1. The van der Waals surface area contributed by atoms with Gasteiger partial charge in [-0.1, -0.05) is 11.6 Å². The second-order valence-corrected chi connectivity index (χ2v) is 5.66. The van der Waals surface area contributed by atoms with Crippen molar-refractivity contribution < 1.29 is 0 Å². The summed E-state index contributed by atoms with van der Waals surface area (Å²) in [6.07, 6.45) is 1.24. The summed E-state index contributed by atoms with van der Waals surface area (Å²) in [6, 6.07) is 13.1. The Labute approximate surface area is 145 Å². The molecule has 1 fully saturated rings. The van der Waals surface area contributed by atoms with E-state index in [1.807, 2.05) is 30.3 Å². The van der Waals surface area contributed by atoms with Crippen LogP contribution in [0.4, 0.5) is 5.69 Å². The van der Waals surface area contributed by atoms with Gasteiger partial charge in [0.25, 0.3) is 0 Å². The van der Waals surface area contributed by atoms with Crippen LogP contribution in [-0.2, 0) is 0 Å². The number of allylic oxidation sites excluding steroid dienone is 1. The normalized spacial score (nSPS) is 14.7. The average molecular weight is 339 g/mol. The van der Waals surface area contributed by atoms with Crippen LogP contribution in [0.5, 0.6) is 0 Å². The molecule has 1 aromatic carbocycles. The topological polar surface area (TPSA) is 102 Å². The van der Waals surface area contributed by atoms with Crippen molar-refractivity contribution in [2.75, 3.05) is 31.1 Å². The second kappa shape index (κ2) is 8.02. The maximum atomic E-state index is 9.20. The number of nitrogens with zero attached hydrogens (tertiary/aromatic N) is 5. The van der Waals surface area contributed by atoms with Gasteiger partial charge in [-0.3, -0.25) is 5.41 Å². The Morgan fingerprint density at radius 2 is 1.67 bits per heavy atom. The van der Waals surface area contributed by atoms with Crippen molar-refractivity contribution in [1.29, 1.82) is 21.2 Å². The Morgan fingerprint density at radius 3 is 2.17 bits per heavy atom. The van der Waals surface area contributed by atoms with E-state index in [1.54, 1.807) is 17.0 Å². The number of anilines is 1. The molecule has 0 spiro atoms. The molecule has 6 nitrogen and oxygen atoms in total. The zero-order valence-corrected chi connectivity index (χ0v) is 13.7. The van der Waals surface area contributed by atoms with E-state index in [4.69, 9.17) is 27.5 Å². The van der Waals surface area contributed by atoms with E-state index >= 15 is 0 Å². The van der Waals surface area contributed by atoms with Crippen molar-refractivity contribution in [3.05, 3.63) is 40.9 Å². The number of nitriles is 3. The molecule has 7 heteroatoms. The molecular weight excluding hydrogens is 324 g/mol. The van der Waals surface area contributed by atoms with Crippen LogP contribution in [0.15, 0.2) is 35.9 Å². The van der Waals surface area contributed by atoms with Gasteiger partial charge >= 0.3 is 0 Å². The van der Waals surface area contributed by atoms with Crippen molar-refractivity contribution in [3.8, 4) is 18.2 Å². The molecule has 1 N–H and O–H groups in total. The smallest absolute Gasteiger partial charge is 0.153 e. The first-order valence-electron chi connectivity index (χ1n) is 7.34. The molecule has 1 aliphatic heterocycles. The number of halogens is 1. The zero-order chi connectivity index (χ0) is 17.5. The van der Waals surface area contributed by atoms with Crippen molar-refractivity contribution in [3.63, 3.8) is 0 Å². The Bertz CT molecular complexity index is 740. The van der Waals surface area contributed by atoms with Crippen molar-refractivity contribution >= 4 is 23.1 Å². The van der Waals surface area contributed by atoms with Gasteiger partial charge in [0, 0.05) is 36.9 Å². The summed E-state index contributed by atoms with van der Waals surface area (Å²) in [7, 11) is 0. The summed E-state index contributed by atoms with van der Waals surface area (Å²) in [5, 5.41) is 35.7. The Hall–Kier alpha value is -3.01. The summed E-state index contributed by atoms with van der Waals surface area (Å²) in [5.41, 5.74) is 1.12. The summed E-state index contributed by atoms with van der Waals surface area (Å²) in [6.45, 7) is 2.60. The summed E-state index contributed by atoms with van der Waals surface area (Å²) < 4.78 is 0. The first kappa shape index (κ1) is 17.3. The Balaban J connectivity index is 2.02. The lowest BCUT2D eigenvalue weighted by Crippen LogP contribution is -2.49. The van der Waals surface area contributed by atoms with Crippen molar-refractivity contribution in [2.45, 2.75) is 0 Å². The third-order valence-corrected chi connectivity index (χ3v) is 4.03. The molecule has 1 heterocycles. The van der Waals surface area contributed by atoms with Gasteiger partial charge in [0.2, 0.25) is 0 Å². The molecule has 0 aliphatic carbocycles. The van der Waals surface area contributed by atoms with Gasteiger partial charge in [-0.05, 0) is 30.3 Å². The molecule has 24 heavy (non-hydrogen) atoms. The molecule has 0 unspecified atom stereocenters. The van der Waals surface area contributed by atoms with E-state index in [-0.39, 0.29) is 11.4 Å². The minimum absolute atomic E-state index is 0.0584. The van der Waals surface area contributed by atoms with Crippen LogP contribution in [0.25, 0.3) is 0 Å². The zero-order valence-electron chi connectivity index (χ0n) is 12.9. The van der Waals surface area contributed by atoms with Gasteiger partial charge in [-0.25, -0.2) is 0 Å². The van der Waals surface area contributed by atoms with Gasteiger partial charge < -0.3 is 9.80 Å². The van der Waals surface area contributed by atoms with Crippen LogP contribution in [-0.4, -0.2) is 36.9 Å². The molecule has 1 aliphatic rings. The summed E-state index contributed by atoms with van der Waals surface area (Å²) >= 11 is 5.89. The quantitative estimate of drug-likeness (QED) is 0.518. The van der Waals surface area contributed by atoms with Crippen LogP contribution in [0.1, 0.15) is 0 Å². The molecule has 120 valence electrons. The maximum Gasteiger partial charge on any atom is 0.153 e. The molecular formula is C17H15ClN6. The standard InChI is InChI=1S/C17H15ClN6/c18-15-1-3-16(4-2-15)23-5-7-24(8-6-23)17(22)14(12-21)9-13(10-19)11-20/h1-4,9,13,22H,5-8H2/b14-9+,22-17?. The summed E-state index contributed by atoms with van der Waals surface area (Å²) in [4.78, 5) is 3.97. The highest BCUT2D eigenvalue weighted by Crippen LogP contribution is 2.20. The molecule has 0 atom stereocenters. The molecule has 1 saturated heterocycles. The van der Waals surface area contributed by atoms with Gasteiger partial charge in [-0.15, -0.1) is 0 Å². The highest BCUT2D eigenvalue weighted by Gasteiger charge is 2.22. The van der Waals surface area contributed by atoms with Crippen LogP contribution in [0.2, 0.25) is 5.02 Å². The highest BCUT2D eigenvalue weighted by atomic mass is 35.5. The third kappa shape index (κ3) is 4.04. The fraction of sp³-hybridized carbons (Fsp3) is 0.294. The minimum atomic E-state index is -1.02. The van der Waals surface area contributed by atoms with Crippen molar-refractivity contribution in [1.82, 2.24) is 4.90 Å². The monoisotopic (exact) mass is 338 g/mol. The van der Waals surface area contributed by atoms with E-state index in [2.05, 4.69) is 4.90 Å². The predicted molar refractivity (Wildman–Crippen MR) is 91.4 cm³/mol. The molecule has 1 aromatic rings. The van der Waals surface area contributed by atoms with Gasteiger partial charge in [0.1, 0.15) is 11.9 Å². The van der Waals surface area contributed by atoms with E-state index in [1.165, 1.54) is 6.08 Å². The lowest BCUT2D eigenvalue weighted by atomic mass is 10.1. The van der Waals surface area contributed by atoms with E-state index in [9.17, 15) is 5.26 Å². The molecule has 2 rings (SSSR count). The third-order valence-electron chi connectivity index (χ3n) is 3.77. The molecule has 0 amide bonds. The first-order chi connectivity index (χ1) is 11.6. The number of piperazine rings is 1. The van der Waals surface area contributed by atoms with Crippen LogP contribution < -0.4 is 4.90 Å². The fourth-order valence-electron chi connectivity index (χ4n) is 2.45. The number of hydrogen-bond donors (Lipinski definition) is 1. The number of rotatable bonds is 3. The Kier molecular flexibility index (Phi) is 5.79. The predicted octanol–water partition coefficient (Wildman–Crippen LogP) is 2.55. The van der Waals surface area contributed by atoms with Gasteiger partial charge in [0.15, 0.2) is 5.92 Å². The lowest BCUT2D eigenvalue weighted by molar-refractivity contribution is 0.384. The number of benzene rings is 1.